The van der Waals surface area contributed by atoms with Crippen molar-refractivity contribution < 1.29 is 26.9 Å². The van der Waals surface area contributed by atoms with E-state index in [0.717, 1.165) is 30.0 Å². The second-order valence-corrected chi connectivity index (χ2v) is 10.6. The smallest absolute Gasteiger partial charge is 0.288 e. The molecular formula is C22H13ClF2N2O5S2. The molecule has 174 valence electrons. The van der Waals surface area contributed by atoms with Crippen molar-refractivity contribution in [2.45, 2.75) is 15.5 Å². The Morgan fingerprint density at radius 2 is 1.79 bits per heavy atom. The molecule has 4 rings (SSSR count). The number of nitrogens with zero attached hydrogens (tertiary/aromatic N) is 1. The van der Waals surface area contributed by atoms with Crippen molar-refractivity contribution in [2.75, 3.05) is 5.32 Å². The molecule has 0 saturated heterocycles. The number of anilines is 1. The van der Waals surface area contributed by atoms with Crippen LogP contribution in [0.1, 0.15) is 11.1 Å². The zero-order valence-electron chi connectivity index (χ0n) is 16.9. The fraction of sp³-hybridized carbons (Fsp3) is 0.0455. The van der Waals surface area contributed by atoms with Crippen LogP contribution in [0.25, 0.3) is 6.08 Å². The van der Waals surface area contributed by atoms with Gasteiger partial charge in [-0.1, -0.05) is 35.5 Å². The van der Waals surface area contributed by atoms with Crippen molar-refractivity contribution in [3.63, 3.8) is 0 Å². The molecule has 1 aliphatic rings. The van der Waals surface area contributed by atoms with E-state index in [1.165, 1.54) is 42.5 Å². The number of nitrogens with one attached hydrogen (secondary N) is 1. The highest BCUT2D eigenvalue weighted by atomic mass is 35.5. The number of fused-ring (bicyclic) bond motifs is 1. The van der Waals surface area contributed by atoms with Gasteiger partial charge in [-0.25, -0.2) is 17.2 Å². The Balaban J connectivity index is 1.62. The third-order valence-corrected chi connectivity index (χ3v) is 7.92. The quantitative estimate of drug-likeness (QED) is 0.266. The molecule has 0 atom stereocenters. The van der Waals surface area contributed by atoms with Crippen molar-refractivity contribution in [3.8, 4) is 0 Å². The average Bonchev–Trinajstić information content (AvgIpc) is 2.77. The fourth-order valence-corrected chi connectivity index (χ4v) is 5.70. The van der Waals surface area contributed by atoms with Crippen molar-refractivity contribution in [3.05, 3.63) is 97.4 Å². The van der Waals surface area contributed by atoms with E-state index in [1.54, 1.807) is 0 Å². The van der Waals surface area contributed by atoms with E-state index in [-0.39, 0.29) is 26.2 Å². The lowest BCUT2D eigenvalue weighted by Gasteiger charge is -2.19. The Bertz CT molecular complexity index is 1470. The highest BCUT2D eigenvalue weighted by Gasteiger charge is 2.26. The molecule has 0 unspecified atom stereocenters. The molecule has 0 spiro atoms. The number of hydrogen-bond donors (Lipinski definition) is 1. The first-order chi connectivity index (χ1) is 16.0. The molecule has 0 aromatic heterocycles. The topological polar surface area (TPSA) is 106 Å². The van der Waals surface area contributed by atoms with Crippen LogP contribution < -0.4 is 5.32 Å². The Morgan fingerprint density at radius 3 is 2.47 bits per heavy atom. The van der Waals surface area contributed by atoms with Gasteiger partial charge in [-0.3, -0.25) is 14.9 Å². The second-order valence-electron chi connectivity index (χ2n) is 7.15. The summed E-state index contributed by atoms with van der Waals surface area (Å²) >= 11 is 6.85. The van der Waals surface area contributed by atoms with Crippen LogP contribution in [-0.2, 0) is 20.4 Å². The first-order valence-corrected chi connectivity index (χ1v) is 12.3. The third-order valence-electron chi connectivity index (χ3n) is 4.86. The Morgan fingerprint density at radius 1 is 1.09 bits per heavy atom. The van der Waals surface area contributed by atoms with Crippen molar-refractivity contribution >= 4 is 56.6 Å². The van der Waals surface area contributed by atoms with Gasteiger partial charge in [0, 0.05) is 16.5 Å². The molecule has 0 aliphatic carbocycles. The van der Waals surface area contributed by atoms with E-state index in [0.29, 0.717) is 10.5 Å². The number of nitro groups is 1. The molecule has 34 heavy (non-hydrogen) atoms. The van der Waals surface area contributed by atoms with E-state index in [4.69, 9.17) is 11.6 Å². The molecule has 1 N–H and O–H groups in total. The minimum atomic E-state index is -4.12. The molecule has 1 heterocycles. The van der Waals surface area contributed by atoms with Gasteiger partial charge in [0.2, 0.25) is 0 Å². The van der Waals surface area contributed by atoms with Crippen molar-refractivity contribution in [2.24, 2.45) is 0 Å². The summed E-state index contributed by atoms with van der Waals surface area (Å²) in [4.78, 5) is 23.6. The summed E-state index contributed by atoms with van der Waals surface area (Å²) in [5, 5.41) is 13.6. The van der Waals surface area contributed by atoms with Gasteiger partial charge in [0.25, 0.3) is 11.6 Å². The van der Waals surface area contributed by atoms with Crippen LogP contribution in [0.3, 0.4) is 0 Å². The van der Waals surface area contributed by atoms with Gasteiger partial charge in [0.1, 0.15) is 16.7 Å². The van der Waals surface area contributed by atoms with Crippen molar-refractivity contribution in [1.29, 1.82) is 0 Å². The minimum absolute atomic E-state index is 0.0396. The van der Waals surface area contributed by atoms with Crippen LogP contribution >= 0.6 is 23.4 Å². The van der Waals surface area contributed by atoms with Crippen LogP contribution in [0, 0.1) is 21.7 Å². The molecule has 0 radical (unpaired) electrons. The van der Waals surface area contributed by atoms with Gasteiger partial charge in [-0.15, -0.1) is 0 Å². The fourth-order valence-electron chi connectivity index (χ4n) is 3.19. The summed E-state index contributed by atoms with van der Waals surface area (Å²) in [7, 11) is -4.12. The van der Waals surface area contributed by atoms with Crippen LogP contribution in [0.2, 0.25) is 5.02 Å². The number of carbonyl (C=O) groups excluding carboxylic acids is 1. The standard InChI is InChI=1S/C22H13ClF2N2O5S2/c23-15-6-4-12(8-19(15)27(29)30)9-21-22(28)26-18-10-13(5-7-20(18)33-21)34(31,32)11-14-16(24)2-1-3-17(14)25/h1-10H,11H2,(H,26,28)/b21-9+. The second kappa shape index (κ2) is 9.16. The highest BCUT2D eigenvalue weighted by Crippen LogP contribution is 2.40. The number of thioether (sulfide) groups is 1. The average molecular weight is 523 g/mol. The minimum Gasteiger partial charge on any atom is -0.320 e. The molecule has 0 fully saturated rings. The monoisotopic (exact) mass is 522 g/mol. The van der Waals surface area contributed by atoms with Gasteiger partial charge >= 0.3 is 0 Å². The molecule has 3 aromatic rings. The molecule has 0 saturated carbocycles. The highest BCUT2D eigenvalue weighted by molar-refractivity contribution is 8.04. The normalized spacial score (nSPS) is 14.6. The molecule has 0 bridgehead atoms. The summed E-state index contributed by atoms with van der Waals surface area (Å²) in [5.41, 5.74) is -0.285. The summed E-state index contributed by atoms with van der Waals surface area (Å²) < 4.78 is 53.4. The lowest BCUT2D eigenvalue weighted by atomic mass is 10.2. The van der Waals surface area contributed by atoms with E-state index < -0.39 is 43.6 Å². The maximum absolute atomic E-state index is 13.9. The molecule has 1 aliphatic heterocycles. The van der Waals surface area contributed by atoms with Crippen molar-refractivity contribution in [1.82, 2.24) is 0 Å². The Hall–Kier alpha value is -3.28. The zero-order chi connectivity index (χ0) is 24.6. The van der Waals surface area contributed by atoms with Gasteiger partial charge < -0.3 is 5.32 Å². The zero-order valence-corrected chi connectivity index (χ0v) is 19.3. The predicted molar refractivity (Wildman–Crippen MR) is 124 cm³/mol. The summed E-state index contributed by atoms with van der Waals surface area (Å²) in [6, 6.07) is 11.1. The van der Waals surface area contributed by atoms with Gasteiger partial charge in [-0.2, -0.15) is 0 Å². The number of nitro benzene ring substituents is 1. The summed E-state index contributed by atoms with van der Waals surface area (Å²) in [5.74, 6) is -3.37. The lowest BCUT2D eigenvalue weighted by Crippen LogP contribution is -2.18. The van der Waals surface area contributed by atoms with Gasteiger partial charge in [-0.05, 0) is 48.0 Å². The molecule has 12 heteroatoms. The number of carbonyl (C=O) groups is 1. The Kier molecular flexibility index (Phi) is 6.43. The van der Waals surface area contributed by atoms with Crippen LogP contribution in [0.4, 0.5) is 20.2 Å². The summed E-state index contributed by atoms with van der Waals surface area (Å²) in [6.07, 6.45) is 1.44. The maximum atomic E-state index is 13.9. The summed E-state index contributed by atoms with van der Waals surface area (Å²) in [6.45, 7) is 0. The number of rotatable bonds is 5. The molecule has 7 nitrogen and oxygen atoms in total. The van der Waals surface area contributed by atoms with Crippen LogP contribution in [-0.4, -0.2) is 19.2 Å². The van der Waals surface area contributed by atoms with Crippen LogP contribution in [0.15, 0.2) is 69.3 Å². The van der Waals surface area contributed by atoms with Gasteiger partial charge in [0.15, 0.2) is 9.84 Å². The number of amides is 1. The molecule has 1 amide bonds. The molecule has 3 aromatic carbocycles. The largest absolute Gasteiger partial charge is 0.320 e. The van der Waals surface area contributed by atoms with Gasteiger partial charge in [0.05, 0.1) is 26.2 Å². The van der Waals surface area contributed by atoms with E-state index in [1.807, 2.05) is 0 Å². The molecular weight excluding hydrogens is 510 g/mol. The van der Waals surface area contributed by atoms with E-state index >= 15 is 0 Å². The third kappa shape index (κ3) is 4.81. The first kappa shape index (κ1) is 23.9. The number of benzene rings is 3. The lowest BCUT2D eigenvalue weighted by molar-refractivity contribution is -0.384. The SMILES string of the molecule is O=C1Nc2cc(S(=O)(=O)Cc3c(F)cccc3F)ccc2S/C1=C/c1ccc(Cl)c([N+](=O)[O-])c1. The number of hydrogen-bond acceptors (Lipinski definition) is 6. The predicted octanol–water partition coefficient (Wildman–Crippen LogP) is 5.59. The number of sulfone groups is 1. The van der Waals surface area contributed by atoms with Crippen LogP contribution in [0.5, 0.6) is 0 Å². The number of halogens is 3. The Labute approximate surface area is 201 Å². The first-order valence-electron chi connectivity index (χ1n) is 9.50. The van der Waals surface area contributed by atoms with E-state index in [9.17, 15) is 32.1 Å². The maximum Gasteiger partial charge on any atom is 0.288 e. The van der Waals surface area contributed by atoms with E-state index in [2.05, 4.69) is 5.32 Å².